The van der Waals surface area contributed by atoms with Crippen LogP contribution in [0.15, 0.2) is 77.5 Å². The molecule has 5 rings (SSSR count). The number of nitrogens with zero attached hydrogens (tertiary/aromatic N) is 3. The molecule has 0 N–H and O–H groups in total. The number of hydrogen-bond donors (Lipinski definition) is 0. The van der Waals surface area contributed by atoms with E-state index in [0.717, 1.165) is 23.8 Å². The standard InChI is InChI=1S/C26H19F2N3O3/c1-16(32)34-26-23(14-20-8-5-11-33-20)30-25-22(13-18-12-19(27)9-10-21(18)28)29-24(15-31(25)26)17-6-3-2-4-7-17/h2-12,15H,13-14H2,1H3. The lowest BCUT2D eigenvalue weighted by Gasteiger charge is -2.10. The fourth-order valence-electron chi connectivity index (χ4n) is 3.80. The number of rotatable bonds is 6. The summed E-state index contributed by atoms with van der Waals surface area (Å²) in [6.45, 7) is 1.30. The Hall–Kier alpha value is -4.33. The van der Waals surface area contributed by atoms with Crippen LogP contribution in [0.2, 0.25) is 0 Å². The Labute approximate surface area is 193 Å². The zero-order chi connectivity index (χ0) is 23.7. The lowest BCUT2D eigenvalue weighted by atomic mass is 10.1. The van der Waals surface area contributed by atoms with Gasteiger partial charge in [-0.2, -0.15) is 0 Å². The van der Waals surface area contributed by atoms with Crippen molar-refractivity contribution >= 4 is 11.6 Å². The molecule has 0 aliphatic carbocycles. The van der Waals surface area contributed by atoms with Crippen LogP contribution in [0, 0.1) is 11.6 Å². The Bertz CT molecular complexity index is 1480. The van der Waals surface area contributed by atoms with Crippen molar-refractivity contribution in [3.8, 4) is 17.1 Å². The molecular formula is C26H19F2N3O3. The molecule has 6 nitrogen and oxygen atoms in total. The van der Waals surface area contributed by atoms with Gasteiger partial charge in [-0.25, -0.2) is 18.7 Å². The second-order valence-electron chi connectivity index (χ2n) is 7.76. The number of ether oxygens (including phenoxy) is 1. The number of benzene rings is 2. The van der Waals surface area contributed by atoms with Gasteiger partial charge < -0.3 is 9.15 Å². The maximum absolute atomic E-state index is 14.5. The lowest BCUT2D eigenvalue weighted by Crippen LogP contribution is -2.07. The Morgan fingerprint density at radius 1 is 1.00 bits per heavy atom. The fraction of sp³-hybridized carbons (Fsp3) is 0.115. The van der Waals surface area contributed by atoms with Crippen molar-refractivity contribution in [3.05, 3.63) is 107 Å². The van der Waals surface area contributed by atoms with Gasteiger partial charge in [0.2, 0.25) is 5.88 Å². The number of esters is 1. The zero-order valence-electron chi connectivity index (χ0n) is 18.2. The number of furan rings is 1. The third-order valence-electron chi connectivity index (χ3n) is 5.30. The molecule has 8 heteroatoms. The van der Waals surface area contributed by atoms with E-state index in [4.69, 9.17) is 14.1 Å². The minimum absolute atomic E-state index is 0.00944. The van der Waals surface area contributed by atoms with Crippen LogP contribution in [0.3, 0.4) is 0 Å². The normalized spacial score (nSPS) is 11.1. The summed E-state index contributed by atoms with van der Waals surface area (Å²) in [6, 6.07) is 16.2. The molecule has 34 heavy (non-hydrogen) atoms. The molecule has 3 heterocycles. The van der Waals surface area contributed by atoms with Gasteiger partial charge in [0.25, 0.3) is 0 Å². The zero-order valence-corrected chi connectivity index (χ0v) is 18.2. The van der Waals surface area contributed by atoms with Crippen molar-refractivity contribution in [2.75, 3.05) is 0 Å². The first-order valence-corrected chi connectivity index (χ1v) is 10.6. The number of carbonyl (C=O) groups excluding carboxylic acids is 1. The molecule has 0 aliphatic heterocycles. The highest BCUT2D eigenvalue weighted by molar-refractivity contribution is 5.70. The van der Waals surface area contributed by atoms with E-state index in [1.807, 2.05) is 30.3 Å². The van der Waals surface area contributed by atoms with Gasteiger partial charge in [-0.15, -0.1) is 0 Å². The Morgan fingerprint density at radius 3 is 2.56 bits per heavy atom. The van der Waals surface area contributed by atoms with Crippen LogP contribution in [0.4, 0.5) is 8.78 Å². The highest BCUT2D eigenvalue weighted by atomic mass is 19.1. The minimum atomic E-state index is -0.547. The van der Waals surface area contributed by atoms with Gasteiger partial charge >= 0.3 is 5.97 Å². The Morgan fingerprint density at radius 2 is 1.82 bits per heavy atom. The molecule has 0 saturated carbocycles. The monoisotopic (exact) mass is 459 g/mol. The quantitative estimate of drug-likeness (QED) is 0.319. The third kappa shape index (κ3) is 4.30. The first-order chi connectivity index (χ1) is 16.5. The van der Waals surface area contributed by atoms with E-state index >= 15 is 0 Å². The maximum atomic E-state index is 14.5. The van der Waals surface area contributed by atoms with Gasteiger partial charge in [-0.3, -0.25) is 9.20 Å². The Kier molecular flexibility index (Phi) is 5.63. The number of fused-ring (bicyclic) bond motifs is 1. The Balaban J connectivity index is 1.73. The van der Waals surface area contributed by atoms with Gasteiger partial charge in [0.15, 0.2) is 5.65 Å². The smallest absolute Gasteiger partial charge is 0.309 e. The number of imidazole rings is 1. The highest BCUT2D eigenvalue weighted by Gasteiger charge is 2.22. The average Bonchev–Trinajstić information content (AvgIpc) is 3.45. The molecule has 170 valence electrons. The summed E-state index contributed by atoms with van der Waals surface area (Å²) in [7, 11) is 0. The second kappa shape index (κ2) is 8.90. The predicted molar refractivity (Wildman–Crippen MR) is 120 cm³/mol. The summed E-state index contributed by atoms with van der Waals surface area (Å²) >= 11 is 0. The summed E-state index contributed by atoms with van der Waals surface area (Å²) in [5.74, 6) is -0.758. The first-order valence-electron chi connectivity index (χ1n) is 10.6. The molecule has 0 saturated heterocycles. The van der Waals surface area contributed by atoms with Crippen LogP contribution >= 0.6 is 0 Å². The molecule has 0 fully saturated rings. The molecule has 0 amide bonds. The summed E-state index contributed by atoms with van der Waals surface area (Å²) in [5.41, 5.74) is 2.75. The SMILES string of the molecule is CC(=O)Oc1c(Cc2ccco2)nc2c(Cc3cc(F)ccc3F)nc(-c3ccccc3)cn12. The van der Waals surface area contributed by atoms with Gasteiger partial charge in [0, 0.05) is 25.1 Å². The van der Waals surface area contributed by atoms with E-state index in [9.17, 15) is 13.6 Å². The molecule has 2 aromatic carbocycles. The minimum Gasteiger partial charge on any atom is -0.469 e. The number of aromatic nitrogens is 3. The van der Waals surface area contributed by atoms with Gasteiger partial charge in [0.1, 0.15) is 23.1 Å². The van der Waals surface area contributed by atoms with E-state index in [0.29, 0.717) is 28.5 Å². The van der Waals surface area contributed by atoms with Crippen LogP contribution in [-0.4, -0.2) is 20.3 Å². The highest BCUT2D eigenvalue weighted by Crippen LogP contribution is 2.29. The van der Waals surface area contributed by atoms with Crippen molar-refractivity contribution in [1.29, 1.82) is 0 Å². The average molecular weight is 459 g/mol. The van der Waals surface area contributed by atoms with Crippen molar-refractivity contribution < 1.29 is 22.7 Å². The molecule has 0 radical (unpaired) electrons. The molecule has 0 bridgehead atoms. The fourth-order valence-corrected chi connectivity index (χ4v) is 3.80. The predicted octanol–water partition coefficient (Wildman–Crippen LogP) is 5.37. The molecule has 0 unspecified atom stereocenters. The van der Waals surface area contributed by atoms with E-state index in [1.165, 1.54) is 6.92 Å². The van der Waals surface area contributed by atoms with Crippen molar-refractivity contribution in [2.45, 2.75) is 19.8 Å². The maximum Gasteiger partial charge on any atom is 0.309 e. The first kappa shape index (κ1) is 21.5. The lowest BCUT2D eigenvalue weighted by molar-refractivity contribution is -0.132. The molecule has 3 aromatic heterocycles. The van der Waals surface area contributed by atoms with Crippen LogP contribution in [0.5, 0.6) is 5.88 Å². The van der Waals surface area contributed by atoms with Gasteiger partial charge in [0.05, 0.1) is 24.1 Å². The number of carbonyl (C=O) groups is 1. The van der Waals surface area contributed by atoms with Crippen LogP contribution in [0.1, 0.15) is 29.6 Å². The van der Waals surface area contributed by atoms with Crippen LogP contribution in [0.25, 0.3) is 16.9 Å². The van der Waals surface area contributed by atoms with Gasteiger partial charge in [-0.05, 0) is 35.9 Å². The molecular weight excluding hydrogens is 440 g/mol. The van der Waals surface area contributed by atoms with E-state index in [-0.39, 0.29) is 24.3 Å². The summed E-state index contributed by atoms with van der Waals surface area (Å²) in [4.78, 5) is 21.3. The number of hydrogen-bond acceptors (Lipinski definition) is 5. The molecule has 0 spiro atoms. The second-order valence-corrected chi connectivity index (χ2v) is 7.76. The van der Waals surface area contributed by atoms with Gasteiger partial charge in [-0.1, -0.05) is 30.3 Å². The molecule has 0 aliphatic rings. The van der Waals surface area contributed by atoms with E-state index < -0.39 is 17.6 Å². The number of halogens is 2. The summed E-state index contributed by atoms with van der Waals surface area (Å²) in [5, 5.41) is 0. The molecule has 5 aromatic rings. The van der Waals surface area contributed by atoms with Crippen LogP contribution in [-0.2, 0) is 17.6 Å². The van der Waals surface area contributed by atoms with Crippen molar-refractivity contribution in [2.24, 2.45) is 0 Å². The van der Waals surface area contributed by atoms with E-state index in [2.05, 4.69) is 4.98 Å². The molecule has 0 atom stereocenters. The largest absolute Gasteiger partial charge is 0.469 e. The van der Waals surface area contributed by atoms with E-state index in [1.54, 1.807) is 29.0 Å². The third-order valence-corrected chi connectivity index (χ3v) is 5.30. The summed E-state index contributed by atoms with van der Waals surface area (Å²) in [6.07, 6.45) is 3.52. The van der Waals surface area contributed by atoms with Crippen molar-refractivity contribution in [1.82, 2.24) is 14.4 Å². The van der Waals surface area contributed by atoms with Crippen molar-refractivity contribution in [3.63, 3.8) is 0 Å². The summed E-state index contributed by atoms with van der Waals surface area (Å²) < 4.78 is 41.0. The topological polar surface area (TPSA) is 69.6 Å². The van der Waals surface area contributed by atoms with Crippen LogP contribution < -0.4 is 4.74 Å².